The number of ether oxygens (including phenoxy) is 1. The van der Waals surface area contributed by atoms with Crippen LogP contribution in [0.25, 0.3) is 10.6 Å². The third-order valence-corrected chi connectivity index (χ3v) is 4.92. The molecule has 0 saturated carbocycles. The second-order valence-electron chi connectivity index (χ2n) is 6.14. The molecule has 0 aliphatic rings. The first-order valence-corrected chi connectivity index (χ1v) is 9.65. The van der Waals surface area contributed by atoms with E-state index in [0.29, 0.717) is 13.0 Å². The minimum atomic E-state index is -0.425. The molecule has 0 saturated heterocycles. The lowest BCUT2D eigenvalue weighted by molar-refractivity contribution is -0.121. The minimum Gasteiger partial charge on any atom is -0.490 e. The van der Waals surface area contributed by atoms with E-state index in [1.807, 2.05) is 5.38 Å². The van der Waals surface area contributed by atoms with Crippen LogP contribution < -0.4 is 10.1 Å². The summed E-state index contributed by atoms with van der Waals surface area (Å²) in [5.41, 5.74) is 3.28. The first-order chi connectivity index (χ1) is 13.1. The van der Waals surface area contributed by atoms with E-state index in [4.69, 9.17) is 4.74 Å². The van der Waals surface area contributed by atoms with Gasteiger partial charge in [0.25, 0.3) is 0 Å². The summed E-state index contributed by atoms with van der Waals surface area (Å²) in [6, 6.07) is 14.4. The largest absolute Gasteiger partial charge is 0.490 e. The summed E-state index contributed by atoms with van der Waals surface area (Å²) in [6.45, 7) is 2.71. The zero-order valence-corrected chi connectivity index (χ0v) is 15.9. The number of aryl methyl sites for hydroxylation is 1. The Morgan fingerprint density at radius 2 is 1.96 bits per heavy atom. The van der Waals surface area contributed by atoms with Gasteiger partial charge < -0.3 is 10.1 Å². The molecule has 3 aromatic rings. The van der Waals surface area contributed by atoms with E-state index in [-0.39, 0.29) is 24.7 Å². The summed E-state index contributed by atoms with van der Waals surface area (Å²) < 4.78 is 18.7. The third kappa shape index (κ3) is 5.62. The average Bonchev–Trinajstić information content (AvgIpc) is 3.13. The quantitative estimate of drug-likeness (QED) is 0.627. The Kier molecular flexibility index (Phi) is 6.54. The van der Waals surface area contributed by atoms with Gasteiger partial charge in [0, 0.05) is 23.9 Å². The van der Waals surface area contributed by atoms with Gasteiger partial charge in [0.2, 0.25) is 5.91 Å². The highest BCUT2D eigenvalue weighted by molar-refractivity contribution is 7.13. The molecule has 6 heteroatoms. The summed E-state index contributed by atoms with van der Waals surface area (Å²) in [6.07, 6.45) is 0.849. The van der Waals surface area contributed by atoms with Crippen LogP contribution in [0.15, 0.2) is 53.9 Å². The van der Waals surface area contributed by atoms with Crippen LogP contribution in [0, 0.1) is 12.7 Å². The number of carbonyl (C=O) groups is 1. The van der Waals surface area contributed by atoms with Crippen molar-refractivity contribution in [2.45, 2.75) is 19.8 Å². The lowest BCUT2D eigenvalue weighted by Gasteiger charge is -2.07. The highest BCUT2D eigenvalue weighted by Gasteiger charge is 2.07. The number of para-hydroxylation sites is 1. The molecule has 0 aliphatic carbocycles. The zero-order chi connectivity index (χ0) is 19.1. The molecule has 3 rings (SSSR count). The van der Waals surface area contributed by atoms with Crippen molar-refractivity contribution in [3.8, 4) is 16.3 Å². The van der Waals surface area contributed by atoms with Gasteiger partial charge in [0.05, 0.1) is 18.7 Å². The van der Waals surface area contributed by atoms with Crippen LogP contribution in [-0.2, 0) is 11.2 Å². The molecular weight excluding hydrogens is 363 g/mol. The summed E-state index contributed by atoms with van der Waals surface area (Å²) in [7, 11) is 0. The van der Waals surface area contributed by atoms with Crippen LogP contribution >= 0.6 is 11.3 Å². The number of carbonyl (C=O) groups excluding carboxylic acids is 1. The minimum absolute atomic E-state index is 0.125. The molecule has 0 spiro atoms. The second kappa shape index (κ2) is 9.28. The molecule has 0 bridgehead atoms. The number of rotatable bonds is 8. The van der Waals surface area contributed by atoms with E-state index in [1.54, 1.807) is 29.5 Å². The maximum absolute atomic E-state index is 13.4. The number of hydrogen-bond donors (Lipinski definition) is 1. The molecule has 1 heterocycles. The Morgan fingerprint density at radius 1 is 1.19 bits per heavy atom. The van der Waals surface area contributed by atoms with E-state index < -0.39 is 5.82 Å². The van der Waals surface area contributed by atoms with Gasteiger partial charge in [0.15, 0.2) is 11.6 Å². The highest BCUT2D eigenvalue weighted by Crippen LogP contribution is 2.24. The van der Waals surface area contributed by atoms with Crippen LogP contribution in [0.3, 0.4) is 0 Å². The first-order valence-electron chi connectivity index (χ1n) is 8.77. The van der Waals surface area contributed by atoms with Gasteiger partial charge in [-0.25, -0.2) is 9.37 Å². The van der Waals surface area contributed by atoms with Gasteiger partial charge in [-0.15, -0.1) is 11.3 Å². The molecular formula is C21H21FN2O2S. The van der Waals surface area contributed by atoms with Gasteiger partial charge in [-0.1, -0.05) is 42.0 Å². The highest BCUT2D eigenvalue weighted by atomic mass is 32.1. The monoisotopic (exact) mass is 384 g/mol. The predicted octanol–water partition coefficient (Wildman–Crippen LogP) is 4.39. The predicted molar refractivity (Wildman–Crippen MR) is 106 cm³/mol. The molecule has 0 fully saturated rings. The van der Waals surface area contributed by atoms with Crippen molar-refractivity contribution in [3.63, 3.8) is 0 Å². The van der Waals surface area contributed by atoms with E-state index in [2.05, 4.69) is 41.5 Å². The number of aromatic nitrogens is 1. The smallest absolute Gasteiger partial charge is 0.223 e. The summed E-state index contributed by atoms with van der Waals surface area (Å²) in [4.78, 5) is 16.5. The maximum Gasteiger partial charge on any atom is 0.223 e. The standard InChI is InChI=1S/C21H21FN2O2S/c1-15-6-8-16(9-7-15)21-24-17(14-27-21)10-12-23-20(25)11-13-26-19-5-3-2-4-18(19)22/h2-9,14H,10-13H2,1H3,(H,23,25). The third-order valence-electron chi connectivity index (χ3n) is 3.98. The first kappa shape index (κ1) is 19.0. The molecule has 0 aliphatic heterocycles. The lowest BCUT2D eigenvalue weighted by Crippen LogP contribution is -2.27. The fraction of sp³-hybridized carbons (Fsp3) is 0.238. The number of hydrogen-bond acceptors (Lipinski definition) is 4. The fourth-order valence-electron chi connectivity index (χ4n) is 2.48. The van der Waals surface area contributed by atoms with Gasteiger partial charge in [-0.05, 0) is 19.1 Å². The summed E-state index contributed by atoms with van der Waals surface area (Å²) in [5, 5.41) is 5.84. The van der Waals surface area contributed by atoms with Crippen molar-refractivity contribution < 1.29 is 13.9 Å². The summed E-state index contributed by atoms with van der Waals surface area (Å²) >= 11 is 1.60. The van der Waals surface area contributed by atoms with E-state index in [1.165, 1.54) is 11.6 Å². The molecule has 4 nitrogen and oxygen atoms in total. The number of halogens is 1. The van der Waals surface area contributed by atoms with E-state index in [0.717, 1.165) is 16.3 Å². The fourth-order valence-corrected chi connectivity index (χ4v) is 3.34. The van der Waals surface area contributed by atoms with Gasteiger partial charge >= 0.3 is 0 Å². The zero-order valence-electron chi connectivity index (χ0n) is 15.1. The van der Waals surface area contributed by atoms with Gasteiger partial charge in [-0.2, -0.15) is 0 Å². The van der Waals surface area contributed by atoms with Crippen molar-refractivity contribution in [2.75, 3.05) is 13.2 Å². The Hall–Kier alpha value is -2.73. The van der Waals surface area contributed by atoms with E-state index in [9.17, 15) is 9.18 Å². The molecule has 140 valence electrons. The molecule has 0 radical (unpaired) electrons. The molecule has 0 atom stereocenters. The molecule has 1 N–H and O–H groups in total. The number of thiazole rings is 1. The van der Waals surface area contributed by atoms with Crippen LogP contribution in [0.5, 0.6) is 5.75 Å². The van der Waals surface area contributed by atoms with Crippen molar-refractivity contribution in [3.05, 3.63) is 71.0 Å². The SMILES string of the molecule is Cc1ccc(-c2nc(CCNC(=O)CCOc3ccccc3F)cs2)cc1. The van der Waals surface area contributed by atoms with Crippen LogP contribution in [0.2, 0.25) is 0 Å². The van der Waals surface area contributed by atoms with Crippen molar-refractivity contribution in [2.24, 2.45) is 0 Å². The maximum atomic E-state index is 13.4. The number of nitrogens with one attached hydrogen (secondary N) is 1. The average molecular weight is 384 g/mol. The second-order valence-corrected chi connectivity index (χ2v) is 7.00. The summed E-state index contributed by atoms with van der Waals surface area (Å²) in [5.74, 6) is -0.387. The molecule has 1 aromatic heterocycles. The Morgan fingerprint density at radius 3 is 2.74 bits per heavy atom. The number of nitrogens with zero attached hydrogens (tertiary/aromatic N) is 1. The normalized spacial score (nSPS) is 10.6. The Bertz CT molecular complexity index is 893. The Labute approximate surface area is 162 Å². The molecule has 1 amide bonds. The van der Waals surface area contributed by atoms with Gasteiger partial charge in [-0.3, -0.25) is 4.79 Å². The molecule has 27 heavy (non-hydrogen) atoms. The van der Waals surface area contributed by atoms with Crippen molar-refractivity contribution in [1.29, 1.82) is 0 Å². The van der Waals surface area contributed by atoms with Crippen molar-refractivity contribution >= 4 is 17.2 Å². The van der Waals surface area contributed by atoms with Crippen LogP contribution in [-0.4, -0.2) is 24.0 Å². The van der Waals surface area contributed by atoms with Crippen LogP contribution in [0.1, 0.15) is 17.7 Å². The van der Waals surface area contributed by atoms with E-state index >= 15 is 0 Å². The topological polar surface area (TPSA) is 51.2 Å². The van der Waals surface area contributed by atoms with Gasteiger partial charge in [0.1, 0.15) is 5.01 Å². The number of amides is 1. The lowest BCUT2D eigenvalue weighted by atomic mass is 10.2. The molecule has 0 unspecified atom stereocenters. The number of benzene rings is 2. The Balaban J connectivity index is 1.39. The van der Waals surface area contributed by atoms with Crippen LogP contribution in [0.4, 0.5) is 4.39 Å². The van der Waals surface area contributed by atoms with Crippen molar-refractivity contribution in [1.82, 2.24) is 10.3 Å². The molecule has 2 aromatic carbocycles.